The van der Waals surface area contributed by atoms with Crippen molar-refractivity contribution in [3.8, 4) is 5.75 Å². The summed E-state index contributed by atoms with van der Waals surface area (Å²) in [7, 11) is 0. The van der Waals surface area contributed by atoms with Crippen molar-refractivity contribution in [3.05, 3.63) is 61.7 Å². The third-order valence-corrected chi connectivity index (χ3v) is 3.80. The van der Waals surface area contributed by atoms with Crippen LogP contribution in [0.5, 0.6) is 5.75 Å². The van der Waals surface area contributed by atoms with Crippen molar-refractivity contribution in [2.24, 2.45) is 0 Å². The van der Waals surface area contributed by atoms with Crippen LogP contribution in [0.25, 0.3) is 0 Å². The summed E-state index contributed by atoms with van der Waals surface area (Å²) in [5, 5.41) is 33.1. The number of ether oxygens (including phenoxy) is 1. The summed E-state index contributed by atoms with van der Waals surface area (Å²) >= 11 is 1.94. The van der Waals surface area contributed by atoms with E-state index in [2.05, 4.69) is 5.32 Å². The molecule has 2 atom stereocenters. The highest BCUT2D eigenvalue weighted by Crippen LogP contribution is 2.28. The van der Waals surface area contributed by atoms with Gasteiger partial charge in [-0.15, -0.1) is 0 Å². The van der Waals surface area contributed by atoms with Crippen molar-refractivity contribution in [1.82, 2.24) is 0 Å². The van der Waals surface area contributed by atoms with E-state index >= 15 is 0 Å². The van der Waals surface area contributed by atoms with Crippen molar-refractivity contribution in [3.63, 3.8) is 0 Å². The van der Waals surface area contributed by atoms with Gasteiger partial charge in [-0.2, -0.15) is 0 Å². The molecule has 0 fully saturated rings. The molecule has 0 saturated carbocycles. The molecule has 0 aromatic heterocycles. The van der Waals surface area contributed by atoms with Crippen molar-refractivity contribution >= 4 is 34.0 Å². The van der Waals surface area contributed by atoms with Gasteiger partial charge in [-0.3, -0.25) is 10.1 Å². The predicted molar refractivity (Wildman–Crippen MR) is 93.3 cm³/mol. The fourth-order valence-electron chi connectivity index (χ4n) is 1.89. The Morgan fingerprint density at radius 1 is 1.24 bits per heavy atom. The smallest absolute Gasteiger partial charge is 0.311 e. The molecule has 2 unspecified atom stereocenters. The van der Waals surface area contributed by atoms with Gasteiger partial charge in [-0.1, -0.05) is 0 Å². The molecule has 0 heterocycles. The molecule has 25 heavy (non-hydrogen) atoms. The van der Waals surface area contributed by atoms with E-state index in [0.717, 1.165) is 18.2 Å². The highest BCUT2D eigenvalue weighted by molar-refractivity contribution is 14.1. The van der Waals surface area contributed by atoms with E-state index in [1.807, 2.05) is 22.6 Å². The van der Waals surface area contributed by atoms with E-state index in [-0.39, 0.29) is 12.2 Å². The number of rotatable bonds is 7. The predicted octanol–water partition coefficient (Wildman–Crippen LogP) is 2.65. The summed E-state index contributed by atoms with van der Waals surface area (Å²) in [6.07, 6.45) is -3.44. The Balaban J connectivity index is 2.02. The van der Waals surface area contributed by atoms with Gasteiger partial charge < -0.3 is 20.3 Å². The van der Waals surface area contributed by atoms with Crippen molar-refractivity contribution in [2.45, 2.75) is 12.4 Å². The molecule has 0 aliphatic rings. The first-order chi connectivity index (χ1) is 11.8. The quantitative estimate of drug-likeness (QED) is 0.251. The number of nitro benzene ring substituents is 1. The average molecular weight is 466 g/mol. The van der Waals surface area contributed by atoms with Gasteiger partial charge in [0.25, 0.3) is 0 Å². The Hall–Kier alpha value is -2.05. The summed E-state index contributed by atoms with van der Waals surface area (Å²) in [4.78, 5) is 10.1. The lowest BCUT2D eigenvalue weighted by Crippen LogP contribution is -2.37. The molecular weight excluding hydrogens is 453 g/mol. The zero-order valence-electron chi connectivity index (χ0n) is 12.5. The van der Waals surface area contributed by atoms with Crippen molar-refractivity contribution < 1.29 is 28.7 Å². The fraction of sp³-hybridized carbons (Fsp3) is 0.200. The Morgan fingerprint density at radius 2 is 1.96 bits per heavy atom. The van der Waals surface area contributed by atoms with Crippen molar-refractivity contribution in [2.75, 3.05) is 11.9 Å². The summed E-state index contributed by atoms with van der Waals surface area (Å²) in [5.74, 6) is -1.88. The SMILES string of the molecule is O=[N+]([O-])c1ccc(F)cc1OC(O)C(O)CNc1ccc(I)cc1F. The lowest BCUT2D eigenvalue weighted by atomic mass is 10.2. The van der Waals surface area contributed by atoms with E-state index in [0.29, 0.717) is 3.57 Å². The molecule has 0 saturated heterocycles. The Kier molecular flexibility index (Phi) is 6.45. The minimum atomic E-state index is -1.89. The van der Waals surface area contributed by atoms with Gasteiger partial charge in [0.2, 0.25) is 12.0 Å². The molecule has 2 aromatic rings. The molecule has 2 aromatic carbocycles. The molecule has 0 spiro atoms. The Morgan fingerprint density at radius 3 is 2.60 bits per heavy atom. The molecule has 134 valence electrons. The van der Waals surface area contributed by atoms with Gasteiger partial charge in [-0.25, -0.2) is 8.78 Å². The van der Waals surface area contributed by atoms with Crippen LogP contribution >= 0.6 is 22.6 Å². The van der Waals surface area contributed by atoms with Gasteiger partial charge in [-0.05, 0) is 46.9 Å². The molecule has 0 radical (unpaired) electrons. The number of nitro groups is 1. The van der Waals surface area contributed by atoms with E-state index in [4.69, 9.17) is 4.74 Å². The van der Waals surface area contributed by atoms with E-state index < -0.39 is 40.4 Å². The minimum absolute atomic E-state index is 0.100. The number of benzene rings is 2. The number of nitrogens with zero attached hydrogens (tertiary/aromatic N) is 1. The summed E-state index contributed by atoms with van der Waals surface area (Å²) < 4.78 is 32.4. The highest BCUT2D eigenvalue weighted by Gasteiger charge is 2.23. The molecule has 0 aliphatic heterocycles. The Labute approximate surface area is 154 Å². The highest BCUT2D eigenvalue weighted by atomic mass is 127. The van der Waals surface area contributed by atoms with E-state index in [9.17, 15) is 29.1 Å². The third-order valence-electron chi connectivity index (χ3n) is 3.13. The first-order valence-electron chi connectivity index (χ1n) is 6.93. The Bertz CT molecular complexity index is 778. The maximum absolute atomic E-state index is 13.7. The van der Waals surface area contributed by atoms with Crippen LogP contribution in [0.4, 0.5) is 20.2 Å². The third kappa shape index (κ3) is 5.21. The maximum Gasteiger partial charge on any atom is 0.311 e. The molecular formula is C15H13F2IN2O5. The lowest BCUT2D eigenvalue weighted by Gasteiger charge is -2.20. The van der Waals surface area contributed by atoms with Crippen LogP contribution < -0.4 is 10.1 Å². The number of anilines is 1. The second kappa shape index (κ2) is 8.36. The second-order valence-corrected chi connectivity index (χ2v) is 6.20. The van der Waals surface area contributed by atoms with Crippen molar-refractivity contribution in [1.29, 1.82) is 0 Å². The van der Waals surface area contributed by atoms with Crippen LogP contribution in [0.15, 0.2) is 36.4 Å². The van der Waals surface area contributed by atoms with Gasteiger partial charge in [0.15, 0.2) is 0 Å². The van der Waals surface area contributed by atoms with Gasteiger partial charge in [0, 0.05) is 22.2 Å². The maximum atomic E-state index is 13.7. The van der Waals surface area contributed by atoms with E-state index in [1.54, 1.807) is 6.07 Å². The van der Waals surface area contributed by atoms with Crippen LogP contribution in [-0.2, 0) is 0 Å². The number of aliphatic hydroxyl groups is 2. The number of nitrogens with one attached hydrogen (secondary N) is 1. The monoisotopic (exact) mass is 466 g/mol. The average Bonchev–Trinajstić information content (AvgIpc) is 2.53. The first kappa shape index (κ1) is 19.3. The normalized spacial score (nSPS) is 13.2. The lowest BCUT2D eigenvalue weighted by molar-refractivity contribution is -0.386. The van der Waals surface area contributed by atoms with Crippen LogP contribution in [0, 0.1) is 25.3 Å². The summed E-state index contributed by atoms with van der Waals surface area (Å²) in [5.41, 5.74) is -0.465. The largest absolute Gasteiger partial charge is 0.455 e. The zero-order chi connectivity index (χ0) is 18.6. The molecule has 7 nitrogen and oxygen atoms in total. The van der Waals surface area contributed by atoms with Crippen LogP contribution in [0.3, 0.4) is 0 Å². The fourth-order valence-corrected chi connectivity index (χ4v) is 2.34. The van der Waals surface area contributed by atoms with Crippen LogP contribution in [-0.4, -0.2) is 34.1 Å². The van der Waals surface area contributed by atoms with Crippen LogP contribution in [0.1, 0.15) is 0 Å². The second-order valence-electron chi connectivity index (χ2n) is 4.95. The number of halogens is 3. The van der Waals surface area contributed by atoms with Gasteiger partial charge in [0.05, 0.1) is 10.6 Å². The molecule has 2 rings (SSSR count). The van der Waals surface area contributed by atoms with Crippen LogP contribution in [0.2, 0.25) is 0 Å². The summed E-state index contributed by atoms with van der Waals surface area (Å²) in [6.45, 7) is -0.304. The number of aliphatic hydroxyl groups excluding tert-OH is 2. The van der Waals surface area contributed by atoms with Gasteiger partial charge in [0.1, 0.15) is 17.7 Å². The molecule has 0 bridgehead atoms. The topological polar surface area (TPSA) is 105 Å². The minimum Gasteiger partial charge on any atom is -0.455 e. The van der Waals surface area contributed by atoms with E-state index in [1.165, 1.54) is 12.1 Å². The molecule has 3 N–H and O–H groups in total. The molecule has 10 heteroatoms. The number of hydrogen-bond donors (Lipinski definition) is 3. The standard InChI is InChI=1S/C15H13F2IN2O5/c16-8-1-4-12(20(23)24)14(5-8)25-15(22)13(21)7-19-11-3-2-9(18)6-10(11)17/h1-6,13,15,19,21-22H,7H2. The molecule has 0 amide bonds. The number of hydrogen-bond acceptors (Lipinski definition) is 6. The van der Waals surface area contributed by atoms with Gasteiger partial charge >= 0.3 is 5.69 Å². The molecule has 0 aliphatic carbocycles. The summed E-state index contributed by atoms with van der Waals surface area (Å²) in [6, 6.07) is 6.84. The zero-order valence-corrected chi connectivity index (χ0v) is 14.7. The first-order valence-corrected chi connectivity index (χ1v) is 8.01.